The summed E-state index contributed by atoms with van der Waals surface area (Å²) in [5, 5.41) is 10.2. The van der Waals surface area contributed by atoms with Crippen LogP contribution in [0.1, 0.15) is 45.0 Å². The average molecular weight is 182 g/mol. The molecule has 0 amide bonds. The van der Waals surface area contributed by atoms with E-state index < -0.39 is 0 Å². The van der Waals surface area contributed by atoms with E-state index in [1.165, 1.54) is 12.8 Å². The summed E-state index contributed by atoms with van der Waals surface area (Å²) in [5.41, 5.74) is 0. The summed E-state index contributed by atoms with van der Waals surface area (Å²) in [6.45, 7) is 5.27. The van der Waals surface area contributed by atoms with Crippen molar-refractivity contribution in [1.82, 2.24) is 20.5 Å². The predicted octanol–water partition coefficient (Wildman–Crippen LogP) is 1.65. The second-order valence-electron chi connectivity index (χ2n) is 3.12. The number of unbranched alkanes of at least 4 members (excludes halogenated alkanes) is 1. The molecule has 1 rings (SSSR count). The van der Waals surface area contributed by atoms with Crippen LogP contribution in [-0.4, -0.2) is 21.7 Å². The van der Waals surface area contributed by atoms with Gasteiger partial charge in [-0.25, -0.2) is 4.98 Å². The van der Waals surface area contributed by atoms with E-state index in [4.69, 9.17) is 0 Å². The third-order valence-corrected chi connectivity index (χ3v) is 2.06. The van der Waals surface area contributed by atoms with Gasteiger partial charge in [0.2, 0.25) is 0 Å². The first-order valence-corrected chi connectivity index (χ1v) is 4.97. The molecule has 0 aliphatic carbocycles. The second-order valence-corrected chi connectivity index (χ2v) is 3.12. The third kappa shape index (κ3) is 3.14. The molecule has 0 saturated carbocycles. The van der Waals surface area contributed by atoms with Crippen molar-refractivity contribution in [3.05, 3.63) is 12.2 Å². The predicted molar refractivity (Wildman–Crippen MR) is 52.3 cm³/mol. The second kappa shape index (κ2) is 5.70. The maximum atomic E-state index is 4.16. The van der Waals surface area contributed by atoms with Gasteiger partial charge < -0.3 is 5.32 Å². The highest BCUT2D eigenvalue weighted by atomic mass is 15.2. The summed E-state index contributed by atoms with van der Waals surface area (Å²) in [5.74, 6) is 0.954. The minimum absolute atomic E-state index is 0.340. The van der Waals surface area contributed by atoms with Crippen LogP contribution < -0.4 is 5.32 Å². The first-order valence-electron chi connectivity index (χ1n) is 4.97. The van der Waals surface area contributed by atoms with Gasteiger partial charge in [0, 0.05) is 0 Å². The van der Waals surface area contributed by atoms with Gasteiger partial charge in [-0.15, -0.1) is 0 Å². The minimum Gasteiger partial charge on any atom is -0.308 e. The Morgan fingerprint density at radius 1 is 1.54 bits per heavy atom. The molecule has 2 N–H and O–H groups in total. The highest BCUT2D eigenvalue weighted by Gasteiger charge is 2.11. The molecule has 0 spiro atoms. The highest BCUT2D eigenvalue weighted by molar-refractivity contribution is 4.90. The van der Waals surface area contributed by atoms with Crippen molar-refractivity contribution in [2.75, 3.05) is 6.54 Å². The number of nitrogens with one attached hydrogen (secondary N) is 2. The van der Waals surface area contributed by atoms with Crippen molar-refractivity contribution in [3.8, 4) is 0 Å². The fraction of sp³-hybridized carbons (Fsp3) is 0.778. The first-order chi connectivity index (χ1) is 6.38. The van der Waals surface area contributed by atoms with Crippen LogP contribution in [0.2, 0.25) is 0 Å². The summed E-state index contributed by atoms with van der Waals surface area (Å²) in [6.07, 6.45) is 5.12. The lowest BCUT2D eigenvalue weighted by atomic mass is 10.1. The SMILES string of the molecule is CCCCC(NCC)c1ncn[nH]1. The molecule has 1 atom stereocenters. The van der Waals surface area contributed by atoms with Crippen LogP contribution in [0.15, 0.2) is 6.33 Å². The maximum absolute atomic E-state index is 4.16. The molecule has 1 aromatic heterocycles. The van der Waals surface area contributed by atoms with Crippen molar-refractivity contribution in [3.63, 3.8) is 0 Å². The fourth-order valence-corrected chi connectivity index (χ4v) is 1.37. The Morgan fingerprint density at radius 3 is 2.92 bits per heavy atom. The number of rotatable bonds is 6. The molecule has 0 radical (unpaired) electrons. The van der Waals surface area contributed by atoms with Gasteiger partial charge in [0.05, 0.1) is 6.04 Å². The fourth-order valence-electron chi connectivity index (χ4n) is 1.37. The number of H-pyrrole nitrogens is 1. The molecule has 0 fully saturated rings. The zero-order valence-corrected chi connectivity index (χ0v) is 8.38. The van der Waals surface area contributed by atoms with Crippen LogP contribution >= 0.6 is 0 Å². The lowest BCUT2D eigenvalue weighted by Gasteiger charge is -2.13. The van der Waals surface area contributed by atoms with Gasteiger partial charge in [-0.1, -0.05) is 26.7 Å². The molecule has 74 valence electrons. The minimum atomic E-state index is 0.340. The third-order valence-electron chi connectivity index (χ3n) is 2.06. The van der Waals surface area contributed by atoms with Gasteiger partial charge >= 0.3 is 0 Å². The lowest BCUT2D eigenvalue weighted by Crippen LogP contribution is -2.22. The van der Waals surface area contributed by atoms with E-state index in [-0.39, 0.29) is 0 Å². The molecule has 0 aromatic carbocycles. The summed E-state index contributed by atoms with van der Waals surface area (Å²) in [6, 6.07) is 0.340. The Labute approximate surface area is 79.2 Å². The molecule has 1 heterocycles. The zero-order valence-electron chi connectivity index (χ0n) is 8.38. The van der Waals surface area contributed by atoms with E-state index in [1.54, 1.807) is 6.33 Å². The van der Waals surface area contributed by atoms with E-state index in [1.807, 2.05) is 0 Å². The van der Waals surface area contributed by atoms with Crippen molar-refractivity contribution >= 4 is 0 Å². The van der Waals surface area contributed by atoms with Crippen LogP contribution in [-0.2, 0) is 0 Å². The largest absolute Gasteiger partial charge is 0.308 e. The van der Waals surface area contributed by atoms with Gasteiger partial charge in [0.15, 0.2) is 0 Å². The van der Waals surface area contributed by atoms with E-state index in [0.717, 1.165) is 18.8 Å². The van der Waals surface area contributed by atoms with E-state index in [2.05, 4.69) is 34.3 Å². The topological polar surface area (TPSA) is 53.6 Å². The highest BCUT2D eigenvalue weighted by Crippen LogP contribution is 2.14. The van der Waals surface area contributed by atoms with Crippen LogP contribution in [0.25, 0.3) is 0 Å². The standard InChI is InChI=1S/C9H18N4/c1-3-5-6-8(10-4-2)9-11-7-12-13-9/h7-8,10H,3-6H2,1-2H3,(H,11,12,13). The molecular formula is C9H18N4. The van der Waals surface area contributed by atoms with Crippen LogP contribution in [0, 0.1) is 0 Å². The normalized spacial score (nSPS) is 13.1. The summed E-state index contributed by atoms with van der Waals surface area (Å²) < 4.78 is 0. The quantitative estimate of drug-likeness (QED) is 0.703. The van der Waals surface area contributed by atoms with Gasteiger partial charge in [0.1, 0.15) is 12.2 Å². The Morgan fingerprint density at radius 2 is 2.38 bits per heavy atom. The Kier molecular flexibility index (Phi) is 4.46. The summed E-state index contributed by atoms with van der Waals surface area (Å²) >= 11 is 0. The first kappa shape index (κ1) is 10.2. The molecular weight excluding hydrogens is 164 g/mol. The van der Waals surface area contributed by atoms with Crippen molar-refractivity contribution in [2.24, 2.45) is 0 Å². The molecule has 13 heavy (non-hydrogen) atoms. The van der Waals surface area contributed by atoms with Crippen LogP contribution in [0.4, 0.5) is 0 Å². The van der Waals surface area contributed by atoms with E-state index in [0.29, 0.717) is 6.04 Å². The molecule has 1 unspecified atom stereocenters. The number of hydrogen-bond donors (Lipinski definition) is 2. The van der Waals surface area contributed by atoms with Gasteiger partial charge in [0.25, 0.3) is 0 Å². The zero-order chi connectivity index (χ0) is 9.52. The van der Waals surface area contributed by atoms with E-state index in [9.17, 15) is 0 Å². The molecule has 0 aliphatic heterocycles. The van der Waals surface area contributed by atoms with Crippen LogP contribution in [0.3, 0.4) is 0 Å². The monoisotopic (exact) mass is 182 g/mol. The number of nitrogens with zero attached hydrogens (tertiary/aromatic N) is 2. The number of aromatic amines is 1. The van der Waals surface area contributed by atoms with E-state index >= 15 is 0 Å². The Bertz CT molecular complexity index is 207. The summed E-state index contributed by atoms with van der Waals surface area (Å²) in [7, 11) is 0. The Hall–Kier alpha value is -0.900. The number of hydrogen-bond acceptors (Lipinski definition) is 3. The molecule has 0 bridgehead atoms. The molecule has 1 aromatic rings. The number of aromatic nitrogens is 3. The molecule has 4 heteroatoms. The average Bonchev–Trinajstić information content (AvgIpc) is 2.65. The van der Waals surface area contributed by atoms with Gasteiger partial charge in [-0.05, 0) is 13.0 Å². The summed E-state index contributed by atoms with van der Waals surface area (Å²) in [4.78, 5) is 4.16. The molecule has 0 saturated heterocycles. The van der Waals surface area contributed by atoms with Crippen LogP contribution in [0.5, 0.6) is 0 Å². The van der Waals surface area contributed by atoms with Gasteiger partial charge in [-0.2, -0.15) is 5.10 Å². The van der Waals surface area contributed by atoms with Gasteiger partial charge in [-0.3, -0.25) is 5.10 Å². The maximum Gasteiger partial charge on any atom is 0.141 e. The smallest absolute Gasteiger partial charge is 0.141 e. The Balaban J connectivity index is 2.47. The van der Waals surface area contributed by atoms with Crippen molar-refractivity contribution in [2.45, 2.75) is 39.2 Å². The molecule has 4 nitrogen and oxygen atoms in total. The van der Waals surface area contributed by atoms with Crippen molar-refractivity contribution in [1.29, 1.82) is 0 Å². The molecule has 0 aliphatic rings. The van der Waals surface area contributed by atoms with Crippen molar-refractivity contribution < 1.29 is 0 Å². The lowest BCUT2D eigenvalue weighted by molar-refractivity contribution is 0.474.